The van der Waals surface area contributed by atoms with Crippen LogP contribution in [0.2, 0.25) is 0 Å². The summed E-state index contributed by atoms with van der Waals surface area (Å²) in [6.07, 6.45) is 5.79. The van der Waals surface area contributed by atoms with Crippen molar-refractivity contribution in [3.63, 3.8) is 0 Å². The van der Waals surface area contributed by atoms with Gasteiger partial charge in [0.1, 0.15) is 21.8 Å². The Balaban J connectivity index is 1.51. The predicted molar refractivity (Wildman–Crippen MR) is 112 cm³/mol. The Morgan fingerprint density at radius 2 is 1.96 bits per heavy atom. The minimum absolute atomic E-state index is 0.775. The molecule has 0 bridgehead atoms. The highest BCUT2D eigenvalue weighted by Gasteiger charge is 2.14. The molecule has 0 radical (unpaired) electrons. The van der Waals surface area contributed by atoms with Crippen LogP contribution in [0.5, 0.6) is 0 Å². The van der Waals surface area contributed by atoms with Gasteiger partial charge in [0, 0.05) is 29.1 Å². The summed E-state index contributed by atoms with van der Waals surface area (Å²) in [6.45, 7) is 2.09. The standard InChI is InChI=1S/C21H16N4S2/c1-14-6-5-9-25-10-16(24-19(14)25)11-26-20-18-17(15-7-3-2-4-8-15)12-27-21(18)23-13-22-20/h2-10,12-13H,11H2,1H3. The van der Waals surface area contributed by atoms with Crippen LogP contribution in [0.1, 0.15) is 11.3 Å². The zero-order chi connectivity index (χ0) is 18.2. The van der Waals surface area contributed by atoms with Gasteiger partial charge in [0.15, 0.2) is 0 Å². The molecule has 1 aromatic carbocycles. The van der Waals surface area contributed by atoms with E-state index in [0.29, 0.717) is 0 Å². The molecule has 0 N–H and O–H groups in total. The van der Waals surface area contributed by atoms with Crippen LogP contribution in [0.25, 0.3) is 27.0 Å². The van der Waals surface area contributed by atoms with Crippen molar-refractivity contribution in [2.24, 2.45) is 0 Å². The van der Waals surface area contributed by atoms with Crippen molar-refractivity contribution >= 4 is 39.0 Å². The molecule has 4 nitrogen and oxygen atoms in total. The Bertz CT molecular complexity index is 1240. The van der Waals surface area contributed by atoms with Crippen molar-refractivity contribution < 1.29 is 0 Å². The zero-order valence-electron chi connectivity index (χ0n) is 14.7. The van der Waals surface area contributed by atoms with Crippen molar-refractivity contribution in [2.75, 3.05) is 0 Å². The lowest BCUT2D eigenvalue weighted by molar-refractivity contribution is 1.10. The lowest BCUT2D eigenvalue weighted by Crippen LogP contribution is -1.87. The van der Waals surface area contributed by atoms with E-state index in [1.54, 1.807) is 29.4 Å². The van der Waals surface area contributed by atoms with E-state index in [0.717, 1.165) is 32.3 Å². The average molecular weight is 389 g/mol. The molecule has 0 unspecified atom stereocenters. The molecule has 4 heterocycles. The summed E-state index contributed by atoms with van der Waals surface area (Å²) in [7, 11) is 0. The second-order valence-corrected chi connectivity index (χ2v) is 8.14. The number of rotatable bonds is 4. The first-order valence-corrected chi connectivity index (χ1v) is 10.5. The lowest BCUT2D eigenvalue weighted by Gasteiger charge is -2.04. The summed E-state index contributed by atoms with van der Waals surface area (Å²) in [6, 6.07) is 14.6. The van der Waals surface area contributed by atoms with Crippen LogP contribution >= 0.6 is 23.1 Å². The number of nitrogens with zero attached hydrogens (tertiary/aromatic N) is 4. The molecule has 132 valence electrons. The van der Waals surface area contributed by atoms with Gasteiger partial charge in [0.2, 0.25) is 0 Å². The Labute approximate surface area is 164 Å². The maximum absolute atomic E-state index is 4.78. The lowest BCUT2D eigenvalue weighted by atomic mass is 10.1. The molecule has 0 aliphatic rings. The highest BCUT2D eigenvalue weighted by molar-refractivity contribution is 7.98. The minimum Gasteiger partial charge on any atom is -0.307 e. The topological polar surface area (TPSA) is 43.1 Å². The van der Waals surface area contributed by atoms with Gasteiger partial charge in [-0.05, 0) is 24.1 Å². The first kappa shape index (κ1) is 16.5. The normalized spacial score (nSPS) is 11.4. The van der Waals surface area contributed by atoms with Gasteiger partial charge in [-0.15, -0.1) is 11.3 Å². The van der Waals surface area contributed by atoms with Crippen LogP contribution in [0, 0.1) is 6.92 Å². The number of thioether (sulfide) groups is 1. The van der Waals surface area contributed by atoms with Crippen molar-refractivity contribution in [1.82, 2.24) is 19.4 Å². The molecule has 0 atom stereocenters. The van der Waals surface area contributed by atoms with Gasteiger partial charge in [0.05, 0.1) is 11.1 Å². The highest BCUT2D eigenvalue weighted by atomic mass is 32.2. The van der Waals surface area contributed by atoms with E-state index < -0.39 is 0 Å². The van der Waals surface area contributed by atoms with E-state index in [2.05, 4.69) is 63.2 Å². The number of thiophene rings is 1. The Morgan fingerprint density at radius 1 is 1.07 bits per heavy atom. The molecular weight excluding hydrogens is 372 g/mol. The third-order valence-electron chi connectivity index (χ3n) is 4.50. The number of benzene rings is 1. The van der Waals surface area contributed by atoms with E-state index >= 15 is 0 Å². The summed E-state index contributed by atoms with van der Waals surface area (Å²) < 4.78 is 2.08. The first-order chi connectivity index (χ1) is 13.3. The van der Waals surface area contributed by atoms with Gasteiger partial charge in [-0.25, -0.2) is 15.0 Å². The molecule has 0 spiro atoms. The maximum atomic E-state index is 4.78. The van der Waals surface area contributed by atoms with Crippen molar-refractivity contribution in [3.8, 4) is 11.1 Å². The molecule has 0 aliphatic carbocycles. The SMILES string of the molecule is Cc1cccn2cc(CSc3ncnc4scc(-c5ccccc5)c34)nc12. The predicted octanol–water partition coefficient (Wildman–Crippen LogP) is 5.61. The largest absolute Gasteiger partial charge is 0.307 e. The van der Waals surface area contributed by atoms with E-state index in [1.807, 2.05) is 18.3 Å². The maximum Gasteiger partial charge on any atom is 0.139 e. The highest BCUT2D eigenvalue weighted by Crippen LogP contribution is 2.38. The van der Waals surface area contributed by atoms with E-state index in [-0.39, 0.29) is 0 Å². The molecule has 0 amide bonds. The number of imidazole rings is 1. The van der Waals surface area contributed by atoms with Crippen molar-refractivity contribution in [1.29, 1.82) is 0 Å². The van der Waals surface area contributed by atoms with Gasteiger partial charge < -0.3 is 4.40 Å². The molecule has 4 aromatic heterocycles. The molecule has 6 heteroatoms. The van der Waals surface area contributed by atoms with Crippen LogP contribution in [0.15, 0.2) is 71.6 Å². The van der Waals surface area contributed by atoms with Gasteiger partial charge in [-0.2, -0.15) is 0 Å². The second-order valence-electron chi connectivity index (χ2n) is 6.32. The molecule has 5 aromatic rings. The molecule has 0 saturated heterocycles. The summed E-state index contributed by atoms with van der Waals surface area (Å²) >= 11 is 3.38. The molecule has 0 fully saturated rings. The fourth-order valence-electron chi connectivity index (χ4n) is 3.20. The van der Waals surface area contributed by atoms with E-state index in [9.17, 15) is 0 Å². The number of aromatic nitrogens is 4. The summed E-state index contributed by atoms with van der Waals surface area (Å²) in [5.41, 5.74) is 5.65. The number of hydrogen-bond acceptors (Lipinski definition) is 5. The number of pyridine rings is 1. The van der Waals surface area contributed by atoms with Crippen molar-refractivity contribution in [2.45, 2.75) is 17.7 Å². The van der Waals surface area contributed by atoms with Gasteiger partial charge in [-0.3, -0.25) is 0 Å². The van der Waals surface area contributed by atoms with E-state index in [4.69, 9.17) is 4.98 Å². The summed E-state index contributed by atoms with van der Waals surface area (Å²) in [4.78, 5) is 14.8. The third-order valence-corrected chi connectivity index (χ3v) is 6.41. The zero-order valence-corrected chi connectivity index (χ0v) is 16.3. The quantitative estimate of drug-likeness (QED) is 0.297. The van der Waals surface area contributed by atoms with Crippen LogP contribution < -0.4 is 0 Å². The van der Waals surface area contributed by atoms with Crippen LogP contribution in [-0.4, -0.2) is 19.4 Å². The van der Waals surface area contributed by atoms with Crippen LogP contribution in [0.3, 0.4) is 0 Å². The van der Waals surface area contributed by atoms with Gasteiger partial charge in [0.25, 0.3) is 0 Å². The second kappa shape index (κ2) is 6.79. The third kappa shape index (κ3) is 3.01. The van der Waals surface area contributed by atoms with E-state index in [1.165, 1.54) is 16.7 Å². The number of fused-ring (bicyclic) bond motifs is 2. The minimum atomic E-state index is 0.775. The molecular formula is C21H16N4S2. The Morgan fingerprint density at radius 3 is 2.81 bits per heavy atom. The van der Waals surface area contributed by atoms with Gasteiger partial charge in [-0.1, -0.05) is 48.2 Å². The first-order valence-electron chi connectivity index (χ1n) is 8.63. The summed E-state index contributed by atoms with van der Waals surface area (Å²) in [5, 5.41) is 4.32. The Kier molecular flexibility index (Phi) is 4.14. The average Bonchev–Trinajstić information content (AvgIpc) is 3.32. The van der Waals surface area contributed by atoms with Crippen LogP contribution in [0.4, 0.5) is 0 Å². The fraction of sp³-hybridized carbons (Fsp3) is 0.0952. The monoisotopic (exact) mass is 388 g/mol. The molecule has 5 rings (SSSR count). The number of hydrogen-bond donors (Lipinski definition) is 0. The van der Waals surface area contributed by atoms with Crippen LogP contribution in [-0.2, 0) is 5.75 Å². The fourth-order valence-corrected chi connectivity index (χ4v) is 5.08. The molecule has 27 heavy (non-hydrogen) atoms. The van der Waals surface area contributed by atoms with Gasteiger partial charge >= 0.3 is 0 Å². The number of aryl methyl sites for hydroxylation is 1. The molecule has 0 aliphatic heterocycles. The molecule has 0 saturated carbocycles. The summed E-state index contributed by atoms with van der Waals surface area (Å²) in [5.74, 6) is 0.775. The van der Waals surface area contributed by atoms with Crippen molar-refractivity contribution in [3.05, 3.63) is 77.8 Å². The smallest absolute Gasteiger partial charge is 0.139 e. The Hall–Kier alpha value is -2.70.